The van der Waals surface area contributed by atoms with Gasteiger partial charge in [0.1, 0.15) is 11.9 Å². The summed E-state index contributed by atoms with van der Waals surface area (Å²) in [5, 5.41) is 0. The number of carbonyl (C=O) groups excluding carboxylic acids is 2. The fourth-order valence-electron chi connectivity index (χ4n) is 2.68. The third-order valence-corrected chi connectivity index (χ3v) is 3.53. The maximum absolute atomic E-state index is 10.9. The Kier molecular flexibility index (Phi) is 6.92. The lowest BCUT2D eigenvalue weighted by Gasteiger charge is -2.29. The van der Waals surface area contributed by atoms with Crippen LogP contribution in [0.5, 0.6) is 0 Å². The number of hydrogen-bond acceptors (Lipinski definition) is 3. The van der Waals surface area contributed by atoms with Gasteiger partial charge in [0.25, 0.3) is 0 Å². The predicted molar refractivity (Wildman–Crippen MR) is 82.9 cm³/mol. The lowest BCUT2D eigenvalue weighted by Crippen LogP contribution is -2.33. The van der Waals surface area contributed by atoms with E-state index in [4.69, 9.17) is 10.5 Å². The molecule has 0 heterocycles. The Balaban J connectivity index is 2.58. The summed E-state index contributed by atoms with van der Waals surface area (Å²) in [5.41, 5.74) is 5.78. The van der Waals surface area contributed by atoms with Gasteiger partial charge in [-0.15, -0.1) is 0 Å². The summed E-state index contributed by atoms with van der Waals surface area (Å²) in [6.45, 7) is 3.71. The van der Waals surface area contributed by atoms with Crippen molar-refractivity contribution >= 4 is 12.4 Å². The Labute approximate surface area is 126 Å². The van der Waals surface area contributed by atoms with E-state index in [9.17, 15) is 9.59 Å². The average Bonchev–Trinajstić information content (AvgIpc) is 2.41. The third-order valence-electron chi connectivity index (χ3n) is 3.53. The van der Waals surface area contributed by atoms with Crippen LogP contribution in [0.1, 0.15) is 45.1 Å². The van der Waals surface area contributed by atoms with Gasteiger partial charge in [-0.3, -0.25) is 0 Å². The van der Waals surface area contributed by atoms with Crippen molar-refractivity contribution in [3.63, 3.8) is 0 Å². The van der Waals surface area contributed by atoms with Crippen molar-refractivity contribution < 1.29 is 14.3 Å². The molecule has 0 radical (unpaired) electrons. The highest BCUT2D eigenvalue weighted by atomic mass is 16.6. The second-order valence-corrected chi connectivity index (χ2v) is 6.02. The second-order valence-electron chi connectivity index (χ2n) is 6.02. The number of carbonyl (C=O) groups is 2. The summed E-state index contributed by atoms with van der Waals surface area (Å²) in [6, 6.07) is 10.2. The molecule has 1 aromatic rings. The molecule has 0 aliphatic carbocycles. The molecule has 0 aliphatic rings. The molecule has 2 N–H and O–H groups in total. The lowest BCUT2D eigenvalue weighted by molar-refractivity contribution is -0.108. The van der Waals surface area contributed by atoms with Crippen molar-refractivity contribution in [1.82, 2.24) is 0 Å². The van der Waals surface area contributed by atoms with E-state index in [1.807, 2.05) is 32.0 Å². The molecule has 0 saturated heterocycles. The van der Waals surface area contributed by atoms with Gasteiger partial charge in [-0.25, -0.2) is 4.79 Å². The predicted octanol–water partition coefficient (Wildman–Crippen LogP) is 3.48. The van der Waals surface area contributed by atoms with Crippen molar-refractivity contribution in [2.24, 2.45) is 11.7 Å². The van der Waals surface area contributed by atoms with E-state index < -0.39 is 11.7 Å². The van der Waals surface area contributed by atoms with Gasteiger partial charge >= 0.3 is 6.09 Å². The summed E-state index contributed by atoms with van der Waals surface area (Å²) < 4.78 is 5.15. The highest BCUT2D eigenvalue weighted by Crippen LogP contribution is 2.27. The first-order valence-electron chi connectivity index (χ1n) is 7.39. The minimum atomic E-state index is -0.753. The van der Waals surface area contributed by atoms with Crippen molar-refractivity contribution in [1.29, 1.82) is 0 Å². The minimum Gasteiger partial charge on any atom is -0.444 e. The molecule has 1 amide bonds. The van der Waals surface area contributed by atoms with Crippen LogP contribution in [-0.4, -0.2) is 18.0 Å². The number of primary amides is 1. The van der Waals surface area contributed by atoms with Gasteiger partial charge in [0.15, 0.2) is 0 Å². The Morgan fingerprint density at radius 2 is 1.95 bits per heavy atom. The van der Waals surface area contributed by atoms with Gasteiger partial charge < -0.3 is 15.3 Å². The average molecular weight is 291 g/mol. The van der Waals surface area contributed by atoms with Gasteiger partial charge in [-0.1, -0.05) is 30.3 Å². The number of rotatable bonds is 9. The summed E-state index contributed by atoms with van der Waals surface area (Å²) >= 11 is 0. The van der Waals surface area contributed by atoms with Gasteiger partial charge in [0.05, 0.1) is 0 Å². The third kappa shape index (κ3) is 7.49. The largest absolute Gasteiger partial charge is 0.444 e. The number of aryl methyl sites for hydroxylation is 1. The smallest absolute Gasteiger partial charge is 0.405 e. The first kappa shape index (κ1) is 17.2. The fourth-order valence-corrected chi connectivity index (χ4v) is 2.68. The van der Waals surface area contributed by atoms with Crippen LogP contribution in [0.2, 0.25) is 0 Å². The number of ether oxygens (including phenoxy) is 1. The van der Waals surface area contributed by atoms with Gasteiger partial charge in [0.2, 0.25) is 0 Å². The van der Waals surface area contributed by atoms with E-state index in [2.05, 4.69) is 12.1 Å². The molecular formula is C17H25NO3. The standard InChI is InChI=1S/C17H25NO3/c1-17(2,21-16(18)20)13-15(9-6-12-19)11-10-14-7-4-3-5-8-14/h3-5,7-8,12,15H,6,9-11,13H2,1-2H3,(H2,18,20). The quantitative estimate of drug-likeness (QED) is 0.708. The highest BCUT2D eigenvalue weighted by Gasteiger charge is 2.26. The van der Waals surface area contributed by atoms with E-state index in [-0.39, 0.29) is 0 Å². The lowest BCUT2D eigenvalue weighted by atomic mass is 9.86. The normalized spacial score (nSPS) is 12.7. The number of amides is 1. The van der Waals surface area contributed by atoms with Gasteiger partial charge in [-0.05, 0) is 51.0 Å². The maximum Gasteiger partial charge on any atom is 0.405 e. The molecule has 21 heavy (non-hydrogen) atoms. The van der Waals surface area contributed by atoms with Crippen LogP contribution in [0.4, 0.5) is 4.79 Å². The highest BCUT2D eigenvalue weighted by molar-refractivity contribution is 5.65. The Hall–Kier alpha value is -1.84. The number of aldehydes is 1. The molecule has 116 valence electrons. The monoisotopic (exact) mass is 291 g/mol. The van der Waals surface area contributed by atoms with E-state index in [0.29, 0.717) is 18.8 Å². The maximum atomic E-state index is 10.9. The van der Waals surface area contributed by atoms with Crippen LogP contribution in [0.15, 0.2) is 30.3 Å². The summed E-state index contributed by atoms with van der Waals surface area (Å²) in [7, 11) is 0. The molecule has 0 spiro atoms. The topological polar surface area (TPSA) is 69.4 Å². The molecule has 0 aliphatic heterocycles. The molecule has 1 aromatic carbocycles. The molecule has 1 unspecified atom stereocenters. The molecule has 1 atom stereocenters. The Bertz CT molecular complexity index is 443. The van der Waals surface area contributed by atoms with E-state index in [0.717, 1.165) is 25.5 Å². The Morgan fingerprint density at radius 3 is 2.52 bits per heavy atom. The van der Waals surface area contributed by atoms with Crippen LogP contribution in [-0.2, 0) is 16.0 Å². The molecule has 0 aromatic heterocycles. The molecule has 4 heteroatoms. The fraction of sp³-hybridized carbons (Fsp3) is 0.529. The Morgan fingerprint density at radius 1 is 1.29 bits per heavy atom. The second kappa shape index (κ2) is 8.45. The van der Waals surface area contributed by atoms with E-state index >= 15 is 0 Å². The molecule has 0 saturated carbocycles. The molecule has 4 nitrogen and oxygen atoms in total. The minimum absolute atomic E-state index is 0.324. The van der Waals surface area contributed by atoms with Crippen LogP contribution in [0.25, 0.3) is 0 Å². The number of benzene rings is 1. The van der Waals surface area contributed by atoms with Crippen LogP contribution in [0, 0.1) is 5.92 Å². The molecule has 1 rings (SSSR count). The number of nitrogens with two attached hydrogens (primary N) is 1. The molecule has 0 bridgehead atoms. The molecule has 0 fully saturated rings. The summed E-state index contributed by atoms with van der Waals surface area (Å²) in [6.07, 6.45) is 4.15. The summed E-state index contributed by atoms with van der Waals surface area (Å²) in [4.78, 5) is 21.6. The van der Waals surface area contributed by atoms with Crippen molar-refractivity contribution in [3.8, 4) is 0 Å². The van der Waals surface area contributed by atoms with Gasteiger partial charge in [0, 0.05) is 6.42 Å². The first-order chi connectivity index (χ1) is 9.93. The summed E-state index contributed by atoms with van der Waals surface area (Å²) in [5.74, 6) is 0.324. The van der Waals surface area contributed by atoms with E-state index in [1.165, 1.54) is 5.56 Å². The van der Waals surface area contributed by atoms with Crippen LogP contribution in [0.3, 0.4) is 0 Å². The van der Waals surface area contributed by atoms with Crippen LogP contribution < -0.4 is 5.73 Å². The molecular weight excluding hydrogens is 266 g/mol. The van der Waals surface area contributed by atoms with E-state index in [1.54, 1.807) is 0 Å². The van der Waals surface area contributed by atoms with Crippen molar-refractivity contribution in [2.75, 3.05) is 0 Å². The first-order valence-corrected chi connectivity index (χ1v) is 7.39. The van der Waals surface area contributed by atoms with Gasteiger partial charge in [-0.2, -0.15) is 0 Å². The SMILES string of the molecule is CC(C)(CC(CCC=O)CCc1ccccc1)OC(N)=O. The van der Waals surface area contributed by atoms with Crippen molar-refractivity contribution in [3.05, 3.63) is 35.9 Å². The van der Waals surface area contributed by atoms with Crippen molar-refractivity contribution in [2.45, 2.75) is 51.6 Å². The zero-order valence-electron chi connectivity index (χ0n) is 12.9. The van der Waals surface area contributed by atoms with Crippen LogP contribution >= 0.6 is 0 Å². The number of hydrogen-bond donors (Lipinski definition) is 1. The zero-order valence-corrected chi connectivity index (χ0v) is 12.9. The zero-order chi connectivity index (χ0) is 15.7.